The fourth-order valence-corrected chi connectivity index (χ4v) is 1.99. The zero-order valence-corrected chi connectivity index (χ0v) is 10.6. The Balaban J connectivity index is 2.74. The monoisotopic (exact) mass is 328 g/mol. The van der Waals surface area contributed by atoms with E-state index < -0.39 is 57.2 Å². The molecule has 0 amide bonds. The first-order valence-electron chi connectivity index (χ1n) is 5.35. The average molecular weight is 329 g/mol. The highest BCUT2D eigenvalue weighted by Gasteiger charge is 2.27. The predicted molar refractivity (Wildman–Crippen MR) is 61.6 cm³/mol. The molecule has 0 aliphatic heterocycles. The lowest BCUT2D eigenvalue weighted by Gasteiger charge is -2.11. The standard InChI is InChI=1S/C13H4ClF7/c14-6-3-4(13(20)21)1-2-5(6)7-8(15)10(17)12(19)11(18)9(7)16/h1-3,13H. The van der Waals surface area contributed by atoms with Gasteiger partial charge in [0.15, 0.2) is 23.3 Å². The van der Waals surface area contributed by atoms with Crippen LogP contribution in [0, 0.1) is 29.1 Å². The lowest BCUT2D eigenvalue weighted by molar-refractivity contribution is 0.151. The average Bonchev–Trinajstić information content (AvgIpc) is 2.44. The number of alkyl halides is 2. The molecule has 0 bridgehead atoms. The van der Waals surface area contributed by atoms with Crippen molar-refractivity contribution < 1.29 is 30.7 Å². The second kappa shape index (κ2) is 5.55. The van der Waals surface area contributed by atoms with E-state index in [1.807, 2.05) is 0 Å². The van der Waals surface area contributed by atoms with Crippen LogP contribution >= 0.6 is 11.6 Å². The van der Waals surface area contributed by atoms with E-state index in [0.29, 0.717) is 6.07 Å². The van der Waals surface area contributed by atoms with Gasteiger partial charge in [0.25, 0.3) is 6.43 Å². The molecule has 0 unspecified atom stereocenters. The van der Waals surface area contributed by atoms with Gasteiger partial charge >= 0.3 is 0 Å². The smallest absolute Gasteiger partial charge is 0.205 e. The van der Waals surface area contributed by atoms with Gasteiger partial charge in [0.05, 0.1) is 5.56 Å². The maximum absolute atomic E-state index is 13.6. The van der Waals surface area contributed by atoms with Gasteiger partial charge in [-0.2, -0.15) is 0 Å². The Morgan fingerprint density at radius 2 is 1.24 bits per heavy atom. The lowest BCUT2D eigenvalue weighted by atomic mass is 10.0. The third-order valence-corrected chi connectivity index (χ3v) is 3.04. The van der Waals surface area contributed by atoms with Crippen LogP contribution in [0.25, 0.3) is 11.1 Å². The van der Waals surface area contributed by atoms with Crippen molar-refractivity contribution in [1.29, 1.82) is 0 Å². The van der Waals surface area contributed by atoms with E-state index in [2.05, 4.69) is 0 Å². The summed E-state index contributed by atoms with van der Waals surface area (Å²) in [7, 11) is 0. The molecule has 0 atom stereocenters. The van der Waals surface area contributed by atoms with E-state index in [9.17, 15) is 30.7 Å². The molecular formula is C13H4ClF7. The SMILES string of the molecule is Fc1c(F)c(F)c(-c2ccc(C(F)F)cc2Cl)c(F)c1F. The van der Waals surface area contributed by atoms with Crippen molar-refractivity contribution >= 4 is 11.6 Å². The van der Waals surface area contributed by atoms with Crippen LogP contribution in [0.1, 0.15) is 12.0 Å². The van der Waals surface area contributed by atoms with Crippen LogP contribution < -0.4 is 0 Å². The van der Waals surface area contributed by atoms with Gasteiger partial charge in [-0.05, 0) is 6.07 Å². The first-order valence-corrected chi connectivity index (χ1v) is 5.73. The Hall–Kier alpha value is -1.76. The molecule has 2 rings (SSSR count). The molecule has 0 saturated heterocycles. The third kappa shape index (κ3) is 2.57. The van der Waals surface area contributed by atoms with E-state index in [4.69, 9.17) is 11.6 Å². The van der Waals surface area contributed by atoms with Gasteiger partial charge in [0, 0.05) is 16.1 Å². The van der Waals surface area contributed by atoms with Gasteiger partial charge in [-0.3, -0.25) is 0 Å². The first kappa shape index (κ1) is 15.6. The Kier molecular flexibility index (Phi) is 4.13. The van der Waals surface area contributed by atoms with Crippen molar-refractivity contribution in [3.8, 4) is 11.1 Å². The highest BCUT2D eigenvalue weighted by Crippen LogP contribution is 2.37. The van der Waals surface area contributed by atoms with Crippen LogP contribution in [0.5, 0.6) is 0 Å². The van der Waals surface area contributed by atoms with Crippen LogP contribution in [0.4, 0.5) is 30.7 Å². The second-order valence-corrected chi connectivity index (χ2v) is 4.39. The normalized spacial score (nSPS) is 11.3. The summed E-state index contributed by atoms with van der Waals surface area (Å²) in [6.45, 7) is 0. The first-order chi connectivity index (χ1) is 9.75. The summed E-state index contributed by atoms with van der Waals surface area (Å²) in [5, 5.41) is -0.559. The van der Waals surface area contributed by atoms with E-state index in [1.165, 1.54) is 0 Å². The molecule has 0 spiro atoms. The van der Waals surface area contributed by atoms with Crippen LogP contribution in [0.2, 0.25) is 5.02 Å². The minimum atomic E-state index is -2.90. The molecule has 0 aliphatic carbocycles. The van der Waals surface area contributed by atoms with Crippen molar-refractivity contribution in [1.82, 2.24) is 0 Å². The highest BCUT2D eigenvalue weighted by atomic mass is 35.5. The second-order valence-electron chi connectivity index (χ2n) is 3.98. The van der Waals surface area contributed by atoms with E-state index in [0.717, 1.165) is 12.1 Å². The molecule has 0 N–H and O–H groups in total. The maximum atomic E-state index is 13.6. The fourth-order valence-electron chi connectivity index (χ4n) is 1.71. The summed E-state index contributed by atoms with van der Waals surface area (Å²) in [4.78, 5) is 0. The molecule has 112 valence electrons. The van der Waals surface area contributed by atoms with Crippen LogP contribution in [0.3, 0.4) is 0 Å². The number of rotatable bonds is 2. The molecule has 0 saturated carbocycles. The summed E-state index contributed by atoms with van der Waals surface area (Å²) < 4.78 is 91.2. The lowest BCUT2D eigenvalue weighted by Crippen LogP contribution is -2.04. The zero-order chi connectivity index (χ0) is 15.9. The van der Waals surface area contributed by atoms with Gasteiger partial charge < -0.3 is 0 Å². The zero-order valence-electron chi connectivity index (χ0n) is 9.83. The quantitative estimate of drug-likeness (QED) is 0.380. The number of hydrogen-bond donors (Lipinski definition) is 0. The maximum Gasteiger partial charge on any atom is 0.263 e. The molecule has 0 nitrogen and oxygen atoms in total. The minimum absolute atomic E-state index is 0.548. The molecule has 0 heterocycles. The van der Waals surface area contributed by atoms with Crippen molar-refractivity contribution in [2.24, 2.45) is 0 Å². The third-order valence-electron chi connectivity index (χ3n) is 2.72. The summed E-state index contributed by atoms with van der Waals surface area (Å²) >= 11 is 5.59. The Morgan fingerprint density at radius 3 is 1.67 bits per heavy atom. The van der Waals surface area contributed by atoms with Gasteiger partial charge in [-0.15, -0.1) is 0 Å². The summed E-state index contributed by atoms with van der Waals surface area (Å²) in [6, 6.07) is 2.24. The Morgan fingerprint density at radius 1 is 0.762 bits per heavy atom. The van der Waals surface area contributed by atoms with Crippen LogP contribution in [-0.4, -0.2) is 0 Å². The van der Waals surface area contributed by atoms with Crippen molar-refractivity contribution in [2.45, 2.75) is 6.43 Å². The van der Waals surface area contributed by atoms with Crippen molar-refractivity contribution in [2.75, 3.05) is 0 Å². The number of halogens is 8. The topological polar surface area (TPSA) is 0 Å². The minimum Gasteiger partial charge on any atom is -0.205 e. The van der Waals surface area contributed by atoms with Gasteiger partial charge in [-0.1, -0.05) is 23.7 Å². The molecule has 0 fully saturated rings. The summed E-state index contributed by atoms with van der Waals surface area (Å²) in [5.74, 6) is -10.8. The molecule has 0 aromatic heterocycles. The molecule has 0 radical (unpaired) electrons. The molecule has 2 aromatic carbocycles. The molecule has 0 aliphatic rings. The number of benzene rings is 2. The largest absolute Gasteiger partial charge is 0.263 e. The Bertz CT molecular complexity index is 683. The summed E-state index contributed by atoms with van der Waals surface area (Å²) in [5.41, 5.74) is -2.39. The van der Waals surface area contributed by atoms with Gasteiger partial charge in [-0.25, -0.2) is 30.7 Å². The highest BCUT2D eigenvalue weighted by molar-refractivity contribution is 6.33. The summed E-state index contributed by atoms with van der Waals surface area (Å²) in [6.07, 6.45) is -2.90. The molecule has 8 heteroatoms. The predicted octanol–water partition coefficient (Wildman–Crippen LogP) is 5.64. The van der Waals surface area contributed by atoms with Crippen molar-refractivity contribution in [3.63, 3.8) is 0 Å². The van der Waals surface area contributed by atoms with Crippen LogP contribution in [0.15, 0.2) is 18.2 Å². The van der Waals surface area contributed by atoms with E-state index in [-0.39, 0.29) is 0 Å². The van der Waals surface area contributed by atoms with Crippen molar-refractivity contribution in [3.05, 3.63) is 57.9 Å². The number of hydrogen-bond acceptors (Lipinski definition) is 0. The van der Waals surface area contributed by atoms with Gasteiger partial charge in [0.1, 0.15) is 0 Å². The molecule has 2 aromatic rings. The fraction of sp³-hybridized carbons (Fsp3) is 0.0769. The van der Waals surface area contributed by atoms with Crippen LogP contribution in [-0.2, 0) is 0 Å². The van der Waals surface area contributed by atoms with E-state index in [1.54, 1.807) is 0 Å². The molecule has 21 heavy (non-hydrogen) atoms. The van der Waals surface area contributed by atoms with Gasteiger partial charge in [0.2, 0.25) is 5.82 Å². The molecular weight excluding hydrogens is 325 g/mol. The Labute approximate surface area is 118 Å². The van der Waals surface area contributed by atoms with E-state index >= 15 is 0 Å².